The average molecular weight is 504 g/mol. The number of rotatable bonds is 7. The van der Waals surface area contributed by atoms with Crippen LogP contribution in [0.5, 0.6) is 11.5 Å². The predicted octanol–water partition coefficient (Wildman–Crippen LogP) is 3.78. The van der Waals surface area contributed by atoms with E-state index in [9.17, 15) is 13.2 Å². The van der Waals surface area contributed by atoms with Crippen LogP contribution in [-0.4, -0.2) is 70.8 Å². The molecule has 11 heteroatoms. The largest absolute Gasteiger partial charge is 0.493 e. The third kappa shape index (κ3) is 6.03. The monoisotopic (exact) mass is 503 g/mol. The molecule has 4 rings (SSSR count). The van der Waals surface area contributed by atoms with Gasteiger partial charge < -0.3 is 24.4 Å². The molecule has 1 saturated heterocycles. The van der Waals surface area contributed by atoms with Crippen molar-refractivity contribution in [2.45, 2.75) is 24.9 Å². The predicted molar refractivity (Wildman–Crippen MR) is 127 cm³/mol. The quantitative estimate of drug-likeness (QED) is 0.492. The number of halogens is 3. The minimum atomic E-state index is -4.40. The van der Waals surface area contributed by atoms with Crippen LogP contribution in [-0.2, 0) is 17.5 Å². The number of nitrogens with zero attached hydrogens (tertiary/aromatic N) is 3. The summed E-state index contributed by atoms with van der Waals surface area (Å²) >= 11 is 0. The lowest BCUT2D eigenvalue weighted by molar-refractivity contribution is -0.137. The van der Waals surface area contributed by atoms with Crippen LogP contribution in [0, 0.1) is 6.92 Å². The molecule has 1 aliphatic heterocycles. The minimum Gasteiger partial charge on any atom is -0.493 e. The molecule has 0 amide bonds. The van der Waals surface area contributed by atoms with Crippen molar-refractivity contribution in [2.24, 2.45) is 0 Å². The normalized spacial score (nSPS) is 19.1. The molecule has 2 heterocycles. The molecule has 0 spiro atoms. The Bertz CT molecular complexity index is 1210. The zero-order chi connectivity index (χ0) is 25.2. The molecular formula is C24H26F3N4O3Si. The lowest BCUT2D eigenvalue weighted by Gasteiger charge is -2.38. The Morgan fingerprint density at radius 1 is 1.20 bits per heavy atom. The van der Waals surface area contributed by atoms with Crippen LogP contribution >= 0.6 is 0 Å². The molecule has 1 aliphatic rings. The Morgan fingerprint density at radius 3 is 2.71 bits per heavy atom. The van der Waals surface area contributed by atoms with Crippen LogP contribution < -0.4 is 14.8 Å². The highest BCUT2D eigenvalue weighted by Crippen LogP contribution is 2.35. The minimum absolute atomic E-state index is 0.155. The maximum Gasteiger partial charge on any atom is 0.416 e. The number of nitrogens with one attached hydrogen (secondary N) is 1. The summed E-state index contributed by atoms with van der Waals surface area (Å²) in [6.45, 7) is 4.19. The number of anilines is 1. The molecule has 0 bridgehead atoms. The Labute approximate surface area is 205 Å². The number of aryl methyl sites for hydroxylation is 1. The van der Waals surface area contributed by atoms with Crippen LogP contribution in [0.1, 0.15) is 17.0 Å². The molecule has 7 nitrogen and oxygen atoms in total. The molecule has 35 heavy (non-hydrogen) atoms. The van der Waals surface area contributed by atoms with Gasteiger partial charge in [-0.2, -0.15) is 13.2 Å². The highest BCUT2D eigenvalue weighted by Gasteiger charge is 2.32. The van der Waals surface area contributed by atoms with E-state index in [1.807, 2.05) is 7.05 Å². The average Bonchev–Trinajstić information content (AvgIpc) is 2.80. The number of likely N-dealkylation sites (N-methyl/N-ethyl adjacent to an activating group) is 1. The molecule has 185 valence electrons. The van der Waals surface area contributed by atoms with Crippen LogP contribution in [0.4, 0.5) is 19.0 Å². The summed E-state index contributed by atoms with van der Waals surface area (Å²) in [6.07, 6.45) is -4.40. The summed E-state index contributed by atoms with van der Waals surface area (Å²) in [5.74, 6) is 1.97. The van der Waals surface area contributed by atoms with Crippen molar-refractivity contribution in [3.63, 3.8) is 0 Å². The molecule has 1 N–H and O–H groups in total. The van der Waals surface area contributed by atoms with Gasteiger partial charge in [0.2, 0.25) is 0 Å². The van der Waals surface area contributed by atoms with Crippen molar-refractivity contribution >= 4 is 27.0 Å². The number of fused-ring (bicyclic) bond motifs is 1. The number of ether oxygens (including phenoxy) is 3. The molecule has 2 aromatic carbocycles. The number of benzene rings is 2. The Hall–Kier alpha value is -2.89. The van der Waals surface area contributed by atoms with E-state index in [1.165, 1.54) is 6.07 Å². The molecule has 0 unspecified atom stereocenters. The number of morpholine rings is 1. The van der Waals surface area contributed by atoms with Crippen molar-refractivity contribution in [3.8, 4) is 11.5 Å². The van der Waals surface area contributed by atoms with Gasteiger partial charge in [-0.15, -0.1) is 0 Å². The van der Waals surface area contributed by atoms with Gasteiger partial charge >= 0.3 is 6.18 Å². The van der Waals surface area contributed by atoms with Crippen LogP contribution in [0.2, 0.25) is 0 Å². The maximum atomic E-state index is 13.1. The lowest BCUT2D eigenvalue weighted by Crippen LogP contribution is -2.54. The van der Waals surface area contributed by atoms with Crippen LogP contribution in [0.3, 0.4) is 0 Å². The Balaban J connectivity index is 1.60. The maximum absolute atomic E-state index is 13.1. The molecule has 3 aromatic rings. The van der Waals surface area contributed by atoms with Crippen molar-refractivity contribution in [1.29, 1.82) is 0 Å². The fraction of sp³-hybridized carbons (Fsp3) is 0.417. The van der Waals surface area contributed by atoms with Gasteiger partial charge in [0.15, 0.2) is 11.5 Å². The molecule has 1 atom stereocenters. The molecule has 1 aromatic heterocycles. The molecule has 3 radical (unpaired) electrons. The summed E-state index contributed by atoms with van der Waals surface area (Å²) in [7, 11) is 7.25. The van der Waals surface area contributed by atoms with E-state index in [0.29, 0.717) is 52.8 Å². The molecular weight excluding hydrogens is 477 g/mol. The highest BCUT2D eigenvalue weighted by atomic mass is 28.1. The molecule has 0 saturated carbocycles. The van der Waals surface area contributed by atoms with E-state index in [0.717, 1.165) is 18.7 Å². The third-order valence-electron chi connectivity index (χ3n) is 5.64. The second-order valence-electron chi connectivity index (χ2n) is 8.56. The number of hydrogen-bond acceptors (Lipinski definition) is 7. The number of methoxy groups -OCH3 is 1. The summed E-state index contributed by atoms with van der Waals surface area (Å²) in [6, 6.07) is 8.71. The van der Waals surface area contributed by atoms with Gasteiger partial charge in [0.05, 0.1) is 40.3 Å². The topological polar surface area (TPSA) is 68.7 Å². The van der Waals surface area contributed by atoms with Gasteiger partial charge in [0, 0.05) is 31.1 Å². The standard InChI is InChI=1S/C24H26F3N4O3Si/c1-15-29-19-11-20(32-3)21(33-14-23(35)13-31(2)7-8-34-23)10-18(19)22(30-15)28-12-16-5-4-6-17(9-16)24(25,26)27/h4-6,9-11H,7-8,12-14H2,1-3H3,(H,28,29,30)/t23-/m0/s1. The summed E-state index contributed by atoms with van der Waals surface area (Å²) < 4.78 is 56.7. The molecule has 0 aliphatic carbocycles. The fourth-order valence-corrected chi connectivity index (χ4v) is 4.39. The first-order chi connectivity index (χ1) is 16.6. The zero-order valence-electron chi connectivity index (χ0n) is 19.7. The third-order valence-corrected chi connectivity index (χ3v) is 6.09. The first-order valence-electron chi connectivity index (χ1n) is 11.0. The number of hydrogen-bond donors (Lipinski definition) is 1. The van der Waals surface area contributed by atoms with E-state index >= 15 is 0 Å². The van der Waals surface area contributed by atoms with E-state index in [1.54, 1.807) is 32.2 Å². The summed E-state index contributed by atoms with van der Waals surface area (Å²) in [4.78, 5) is 11.1. The highest BCUT2D eigenvalue weighted by molar-refractivity contribution is 6.15. The van der Waals surface area contributed by atoms with Crippen molar-refractivity contribution in [2.75, 3.05) is 45.8 Å². The lowest BCUT2D eigenvalue weighted by atomic mass is 10.1. The first-order valence-corrected chi connectivity index (χ1v) is 11.5. The number of aromatic nitrogens is 2. The van der Waals surface area contributed by atoms with Gasteiger partial charge in [-0.3, -0.25) is 0 Å². The number of alkyl halides is 3. The van der Waals surface area contributed by atoms with Crippen LogP contribution in [0.25, 0.3) is 10.9 Å². The molecule has 1 fully saturated rings. The fourth-order valence-electron chi connectivity index (χ4n) is 3.94. The van der Waals surface area contributed by atoms with Gasteiger partial charge in [-0.1, -0.05) is 12.1 Å². The van der Waals surface area contributed by atoms with Crippen molar-refractivity contribution in [1.82, 2.24) is 14.9 Å². The summed E-state index contributed by atoms with van der Waals surface area (Å²) in [5.41, 5.74) is 0.406. The van der Waals surface area contributed by atoms with E-state index in [2.05, 4.69) is 30.4 Å². The van der Waals surface area contributed by atoms with Gasteiger partial charge in [-0.05, 0) is 37.7 Å². The van der Waals surface area contributed by atoms with Crippen molar-refractivity contribution in [3.05, 3.63) is 53.3 Å². The first kappa shape index (κ1) is 25.2. The smallest absolute Gasteiger partial charge is 0.416 e. The van der Waals surface area contributed by atoms with Gasteiger partial charge in [0.1, 0.15) is 18.2 Å². The van der Waals surface area contributed by atoms with Crippen molar-refractivity contribution < 1.29 is 27.4 Å². The SMILES string of the molecule is COc1cc2nc(C)nc(NCc3cccc(C(F)(F)F)c3)c2cc1OC[C@@]1([Si])CN(C)CCO1. The van der Waals surface area contributed by atoms with Crippen LogP contribution in [0.15, 0.2) is 36.4 Å². The Kier molecular flexibility index (Phi) is 7.20. The second-order valence-corrected chi connectivity index (χ2v) is 9.47. The van der Waals surface area contributed by atoms with E-state index < -0.39 is 17.0 Å². The van der Waals surface area contributed by atoms with E-state index in [4.69, 9.17) is 14.2 Å². The Morgan fingerprint density at radius 2 is 2.00 bits per heavy atom. The second kappa shape index (κ2) is 10.00. The van der Waals surface area contributed by atoms with E-state index in [-0.39, 0.29) is 13.2 Å². The van der Waals surface area contributed by atoms with Gasteiger partial charge in [-0.25, -0.2) is 9.97 Å². The zero-order valence-corrected chi connectivity index (χ0v) is 20.7. The summed E-state index contributed by atoms with van der Waals surface area (Å²) in [5, 5.41) is 3.14. The van der Waals surface area contributed by atoms with Gasteiger partial charge in [0.25, 0.3) is 0 Å².